The molecule has 0 bridgehead atoms. The zero-order valence-corrected chi connectivity index (χ0v) is 8.02. The predicted octanol–water partition coefficient (Wildman–Crippen LogP) is 2.07. The van der Waals surface area contributed by atoms with Gasteiger partial charge >= 0.3 is 0 Å². The van der Waals surface area contributed by atoms with Gasteiger partial charge in [0.2, 0.25) is 0 Å². The number of anilines is 2. The van der Waals surface area contributed by atoms with Gasteiger partial charge in [0.15, 0.2) is 0 Å². The number of nitrogen functional groups attached to an aromatic ring is 2. The highest BCUT2D eigenvalue weighted by Gasteiger charge is 2.07. The summed E-state index contributed by atoms with van der Waals surface area (Å²) in [7, 11) is 1.62. The summed E-state index contributed by atoms with van der Waals surface area (Å²) in [4.78, 5) is 0. The molecule has 2 aromatic rings. The maximum absolute atomic E-state index is 5.79. The van der Waals surface area contributed by atoms with Crippen LogP contribution in [0.25, 0.3) is 10.1 Å². The zero-order chi connectivity index (χ0) is 9.42. The maximum Gasteiger partial charge on any atom is 0.131 e. The molecule has 4 heteroatoms. The predicted molar refractivity (Wildman–Crippen MR) is 57.2 cm³/mol. The van der Waals surface area contributed by atoms with Crippen molar-refractivity contribution in [3.63, 3.8) is 0 Å². The molecule has 68 valence electrons. The fourth-order valence-electron chi connectivity index (χ4n) is 1.33. The first-order valence-electron chi connectivity index (χ1n) is 3.82. The highest BCUT2D eigenvalue weighted by molar-refractivity contribution is 7.17. The molecule has 13 heavy (non-hydrogen) atoms. The lowest BCUT2D eigenvalue weighted by Gasteiger charge is -2.03. The molecule has 0 amide bonds. The Bertz CT molecular complexity index is 450. The third kappa shape index (κ3) is 1.19. The molecule has 0 radical (unpaired) electrons. The summed E-state index contributed by atoms with van der Waals surface area (Å²) < 4.78 is 6.26. The number of benzene rings is 1. The van der Waals surface area contributed by atoms with E-state index < -0.39 is 0 Å². The molecule has 0 saturated carbocycles. The van der Waals surface area contributed by atoms with Gasteiger partial charge in [-0.25, -0.2) is 0 Å². The average molecular weight is 194 g/mol. The van der Waals surface area contributed by atoms with Crippen molar-refractivity contribution in [3.05, 3.63) is 17.5 Å². The van der Waals surface area contributed by atoms with E-state index in [1.54, 1.807) is 24.5 Å². The third-order valence-electron chi connectivity index (χ3n) is 1.91. The molecule has 0 aliphatic carbocycles. The quantitative estimate of drug-likeness (QED) is 0.683. The lowest BCUT2D eigenvalue weighted by atomic mass is 10.2. The highest BCUT2D eigenvalue weighted by Crippen LogP contribution is 2.37. The van der Waals surface area contributed by atoms with Gasteiger partial charge in [-0.15, -0.1) is 11.3 Å². The molecule has 2 rings (SSSR count). The molecule has 0 aliphatic heterocycles. The van der Waals surface area contributed by atoms with Gasteiger partial charge in [-0.1, -0.05) is 0 Å². The molecule has 1 heterocycles. The topological polar surface area (TPSA) is 61.3 Å². The van der Waals surface area contributed by atoms with Crippen LogP contribution in [0.4, 0.5) is 11.4 Å². The number of thiophene rings is 1. The molecule has 0 unspecified atom stereocenters. The Balaban J connectivity index is 2.85. The van der Waals surface area contributed by atoms with Crippen molar-refractivity contribution in [2.24, 2.45) is 0 Å². The van der Waals surface area contributed by atoms with Gasteiger partial charge in [0.25, 0.3) is 0 Å². The lowest BCUT2D eigenvalue weighted by Crippen LogP contribution is -1.90. The summed E-state index contributed by atoms with van der Waals surface area (Å²) in [6.07, 6.45) is 0. The molecular formula is C9H10N2OS. The number of methoxy groups -OCH3 is 1. The minimum Gasteiger partial charge on any atom is -0.496 e. The van der Waals surface area contributed by atoms with Crippen molar-refractivity contribution in [1.82, 2.24) is 0 Å². The lowest BCUT2D eigenvalue weighted by molar-refractivity contribution is 0.420. The summed E-state index contributed by atoms with van der Waals surface area (Å²) in [5.41, 5.74) is 12.9. The third-order valence-corrected chi connectivity index (χ3v) is 2.86. The van der Waals surface area contributed by atoms with E-state index in [-0.39, 0.29) is 0 Å². The molecule has 0 fully saturated rings. The van der Waals surface area contributed by atoms with Crippen LogP contribution >= 0.6 is 11.3 Å². The van der Waals surface area contributed by atoms with Crippen LogP contribution in [-0.2, 0) is 0 Å². The largest absolute Gasteiger partial charge is 0.496 e. The first kappa shape index (κ1) is 8.19. The summed E-state index contributed by atoms with van der Waals surface area (Å²) in [6, 6.07) is 3.68. The van der Waals surface area contributed by atoms with E-state index in [0.717, 1.165) is 21.5 Å². The van der Waals surface area contributed by atoms with E-state index in [1.807, 2.05) is 11.4 Å². The first-order chi connectivity index (χ1) is 6.22. The minimum absolute atomic E-state index is 0.700. The summed E-state index contributed by atoms with van der Waals surface area (Å²) in [6.45, 7) is 0. The van der Waals surface area contributed by atoms with Crippen LogP contribution in [0.5, 0.6) is 5.75 Å². The van der Waals surface area contributed by atoms with E-state index in [2.05, 4.69) is 0 Å². The summed E-state index contributed by atoms with van der Waals surface area (Å²) in [5, 5.41) is 2.86. The molecule has 1 aromatic heterocycles. The van der Waals surface area contributed by atoms with Crippen molar-refractivity contribution in [2.45, 2.75) is 0 Å². The number of nitrogens with two attached hydrogens (primary N) is 2. The van der Waals surface area contributed by atoms with E-state index in [4.69, 9.17) is 16.2 Å². The normalized spacial score (nSPS) is 10.5. The number of hydrogen-bond acceptors (Lipinski definition) is 4. The molecule has 0 saturated heterocycles. The average Bonchev–Trinajstić information content (AvgIpc) is 2.46. The molecular weight excluding hydrogens is 184 g/mol. The van der Waals surface area contributed by atoms with Crippen LogP contribution in [0.3, 0.4) is 0 Å². The van der Waals surface area contributed by atoms with Crippen molar-refractivity contribution in [2.75, 3.05) is 18.6 Å². The second-order valence-electron chi connectivity index (χ2n) is 2.79. The number of ether oxygens (including phenoxy) is 1. The SMILES string of the molecule is COc1cc(N)cc2scc(N)c12. The van der Waals surface area contributed by atoms with Gasteiger partial charge in [0.1, 0.15) is 5.75 Å². The van der Waals surface area contributed by atoms with Gasteiger partial charge in [-0.3, -0.25) is 0 Å². The van der Waals surface area contributed by atoms with E-state index in [9.17, 15) is 0 Å². The first-order valence-corrected chi connectivity index (χ1v) is 4.70. The van der Waals surface area contributed by atoms with Crippen molar-refractivity contribution >= 4 is 32.8 Å². The monoisotopic (exact) mass is 194 g/mol. The van der Waals surface area contributed by atoms with Crippen LogP contribution in [-0.4, -0.2) is 7.11 Å². The van der Waals surface area contributed by atoms with E-state index in [1.165, 1.54) is 0 Å². The number of hydrogen-bond donors (Lipinski definition) is 2. The van der Waals surface area contributed by atoms with Crippen LogP contribution in [0, 0.1) is 0 Å². The Morgan fingerprint density at radius 2 is 2.08 bits per heavy atom. The van der Waals surface area contributed by atoms with Crippen LogP contribution in [0.2, 0.25) is 0 Å². The molecule has 0 aliphatic rings. The Kier molecular flexibility index (Phi) is 1.77. The summed E-state index contributed by atoms with van der Waals surface area (Å²) in [5.74, 6) is 0.744. The van der Waals surface area contributed by atoms with Gasteiger partial charge in [-0.05, 0) is 6.07 Å². The Morgan fingerprint density at radius 1 is 1.31 bits per heavy atom. The standard InChI is InChI=1S/C9H10N2OS/c1-12-7-2-5(10)3-8-9(7)6(11)4-13-8/h2-4H,10-11H2,1H3. The zero-order valence-electron chi connectivity index (χ0n) is 7.20. The number of fused-ring (bicyclic) bond motifs is 1. The van der Waals surface area contributed by atoms with Crippen LogP contribution in [0.15, 0.2) is 17.5 Å². The van der Waals surface area contributed by atoms with Crippen LogP contribution < -0.4 is 16.2 Å². The number of rotatable bonds is 1. The maximum atomic E-state index is 5.79. The van der Waals surface area contributed by atoms with Gasteiger partial charge in [0.05, 0.1) is 18.2 Å². The molecule has 0 spiro atoms. The Labute approximate surface area is 79.9 Å². The smallest absolute Gasteiger partial charge is 0.131 e. The fourth-order valence-corrected chi connectivity index (χ4v) is 2.25. The van der Waals surface area contributed by atoms with Crippen molar-refractivity contribution < 1.29 is 4.74 Å². The van der Waals surface area contributed by atoms with Gasteiger partial charge < -0.3 is 16.2 Å². The molecule has 3 nitrogen and oxygen atoms in total. The minimum atomic E-state index is 0.700. The molecule has 1 aromatic carbocycles. The van der Waals surface area contributed by atoms with Crippen molar-refractivity contribution in [1.29, 1.82) is 0 Å². The summed E-state index contributed by atoms with van der Waals surface area (Å²) >= 11 is 1.57. The van der Waals surface area contributed by atoms with Crippen LogP contribution in [0.1, 0.15) is 0 Å². The Hall–Kier alpha value is -1.42. The molecule has 4 N–H and O–H groups in total. The second kappa shape index (κ2) is 2.81. The molecule has 0 atom stereocenters. The fraction of sp³-hybridized carbons (Fsp3) is 0.111. The Morgan fingerprint density at radius 3 is 2.77 bits per heavy atom. The van der Waals surface area contributed by atoms with Gasteiger partial charge in [-0.2, -0.15) is 0 Å². The highest BCUT2D eigenvalue weighted by atomic mass is 32.1. The van der Waals surface area contributed by atoms with E-state index >= 15 is 0 Å². The van der Waals surface area contributed by atoms with Crippen molar-refractivity contribution in [3.8, 4) is 5.75 Å². The second-order valence-corrected chi connectivity index (χ2v) is 3.70. The van der Waals surface area contributed by atoms with E-state index in [0.29, 0.717) is 5.69 Å². The van der Waals surface area contributed by atoms with Gasteiger partial charge in [0, 0.05) is 21.8 Å².